The van der Waals surface area contributed by atoms with E-state index in [2.05, 4.69) is 0 Å². The summed E-state index contributed by atoms with van der Waals surface area (Å²) in [6, 6.07) is 7.89. The van der Waals surface area contributed by atoms with E-state index < -0.39 is 34.9 Å². The molecule has 0 aliphatic heterocycles. The van der Waals surface area contributed by atoms with Gasteiger partial charge in [0.25, 0.3) is 0 Å². The molecule has 0 aromatic heterocycles. The van der Waals surface area contributed by atoms with E-state index in [4.69, 9.17) is 14.2 Å². The standard InChI is InChI=1S/C33H36F6O3/c1-3-5-17-40-26-15-9-21(28(34)32(26)38)19-42-22-10-7-20(8-11-22)23-12-13-24(30(36)29(23)35)25-14-16-27(33(39)31(25)37)41-18-6-4-2/h9,12-16,20,22H,3-8,10-11,17-19H2,1-2H3. The smallest absolute Gasteiger partial charge is 0.201 e. The lowest BCUT2D eigenvalue weighted by atomic mass is 9.82. The fourth-order valence-corrected chi connectivity index (χ4v) is 5.13. The lowest BCUT2D eigenvalue weighted by Crippen LogP contribution is -2.21. The topological polar surface area (TPSA) is 27.7 Å². The summed E-state index contributed by atoms with van der Waals surface area (Å²) in [4.78, 5) is 0. The van der Waals surface area contributed by atoms with E-state index in [0.717, 1.165) is 19.3 Å². The third-order valence-corrected chi connectivity index (χ3v) is 7.68. The van der Waals surface area contributed by atoms with E-state index in [1.165, 1.54) is 36.4 Å². The number of hydrogen-bond acceptors (Lipinski definition) is 3. The van der Waals surface area contributed by atoms with Crippen LogP contribution in [0.15, 0.2) is 36.4 Å². The van der Waals surface area contributed by atoms with Crippen molar-refractivity contribution in [2.75, 3.05) is 13.2 Å². The van der Waals surface area contributed by atoms with Crippen LogP contribution in [0.1, 0.15) is 82.3 Å². The molecular weight excluding hydrogens is 558 g/mol. The van der Waals surface area contributed by atoms with Crippen LogP contribution in [0.4, 0.5) is 26.3 Å². The Balaban J connectivity index is 1.37. The molecule has 4 rings (SSSR count). The van der Waals surface area contributed by atoms with Gasteiger partial charge in [0.15, 0.2) is 34.8 Å². The van der Waals surface area contributed by atoms with Gasteiger partial charge in [0.05, 0.1) is 25.9 Å². The van der Waals surface area contributed by atoms with Crippen molar-refractivity contribution in [3.8, 4) is 22.6 Å². The van der Waals surface area contributed by atoms with Crippen LogP contribution in [-0.4, -0.2) is 19.3 Å². The maximum atomic E-state index is 15.2. The molecule has 9 heteroatoms. The summed E-state index contributed by atoms with van der Waals surface area (Å²) in [5.41, 5.74) is -0.535. The number of rotatable bonds is 13. The summed E-state index contributed by atoms with van der Waals surface area (Å²) >= 11 is 0. The normalized spacial score (nSPS) is 17.0. The zero-order valence-corrected chi connectivity index (χ0v) is 23.9. The van der Waals surface area contributed by atoms with Crippen LogP contribution in [0.3, 0.4) is 0 Å². The molecule has 0 saturated heterocycles. The van der Waals surface area contributed by atoms with Crippen LogP contribution < -0.4 is 9.47 Å². The highest BCUT2D eigenvalue weighted by molar-refractivity contribution is 5.66. The van der Waals surface area contributed by atoms with Crippen molar-refractivity contribution in [2.45, 2.75) is 83.8 Å². The number of ether oxygens (including phenoxy) is 3. The molecule has 0 unspecified atom stereocenters. The predicted molar refractivity (Wildman–Crippen MR) is 149 cm³/mol. The fraction of sp³-hybridized carbons (Fsp3) is 0.455. The zero-order valence-electron chi connectivity index (χ0n) is 23.9. The van der Waals surface area contributed by atoms with Gasteiger partial charge in [0.1, 0.15) is 0 Å². The molecule has 1 aliphatic carbocycles. The summed E-state index contributed by atoms with van der Waals surface area (Å²) in [5, 5.41) is 0. The van der Waals surface area contributed by atoms with E-state index >= 15 is 8.78 Å². The molecule has 3 aromatic rings. The minimum absolute atomic E-state index is 0.0744. The third-order valence-electron chi connectivity index (χ3n) is 7.68. The van der Waals surface area contributed by atoms with Gasteiger partial charge in [0, 0.05) is 16.7 Å². The molecule has 0 atom stereocenters. The molecule has 0 N–H and O–H groups in total. The van der Waals surface area contributed by atoms with Gasteiger partial charge in [-0.25, -0.2) is 17.6 Å². The summed E-state index contributed by atoms with van der Waals surface area (Å²) in [5.74, 6) is -7.66. The second kappa shape index (κ2) is 14.8. The average Bonchev–Trinajstić information content (AvgIpc) is 2.99. The summed E-state index contributed by atoms with van der Waals surface area (Å²) in [7, 11) is 0. The molecule has 0 spiro atoms. The van der Waals surface area contributed by atoms with E-state index in [9.17, 15) is 17.6 Å². The second-order valence-corrected chi connectivity index (χ2v) is 10.6. The summed E-state index contributed by atoms with van der Waals surface area (Å²) in [6.07, 6.45) is 4.81. The van der Waals surface area contributed by atoms with Gasteiger partial charge >= 0.3 is 0 Å². The van der Waals surface area contributed by atoms with Gasteiger partial charge < -0.3 is 14.2 Å². The van der Waals surface area contributed by atoms with Crippen LogP contribution in [0.25, 0.3) is 11.1 Å². The van der Waals surface area contributed by atoms with Crippen LogP contribution in [-0.2, 0) is 11.3 Å². The van der Waals surface area contributed by atoms with Gasteiger partial charge in [-0.2, -0.15) is 8.78 Å². The van der Waals surface area contributed by atoms with Gasteiger partial charge in [-0.1, -0.05) is 38.8 Å². The largest absolute Gasteiger partial charge is 0.490 e. The lowest BCUT2D eigenvalue weighted by Gasteiger charge is -2.29. The highest BCUT2D eigenvalue weighted by Crippen LogP contribution is 2.39. The van der Waals surface area contributed by atoms with Gasteiger partial charge in [0.2, 0.25) is 11.6 Å². The first kappa shape index (κ1) is 31.7. The Morgan fingerprint density at radius 3 is 1.71 bits per heavy atom. The number of halogens is 6. The Labute approximate surface area is 242 Å². The average molecular weight is 595 g/mol. The van der Waals surface area contributed by atoms with Gasteiger partial charge in [-0.05, 0) is 74.3 Å². The van der Waals surface area contributed by atoms with Crippen molar-refractivity contribution in [3.05, 3.63) is 82.4 Å². The van der Waals surface area contributed by atoms with Gasteiger partial charge in [-0.15, -0.1) is 0 Å². The maximum Gasteiger partial charge on any atom is 0.201 e. The minimum atomic E-state index is -1.30. The van der Waals surface area contributed by atoms with Crippen molar-refractivity contribution in [3.63, 3.8) is 0 Å². The van der Waals surface area contributed by atoms with Crippen molar-refractivity contribution in [1.82, 2.24) is 0 Å². The summed E-state index contributed by atoms with van der Waals surface area (Å²) in [6.45, 7) is 4.29. The molecule has 1 aliphatic rings. The van der Waals surface area contributed by atoms with E-state index in [0.29, 0.717) is 38.7 Å². The Hall–Kier alpha value is -3.20. The molecule has 1 fully saturated rings. The first-order valence-corrected chi connectivity index (χ1v) is 14.6. The van der Waals surface area contributed by atoms with E-state index in [1.807, 2.05) is 13.8 Å². The van der Waals surface area contributed by atoms with E-state index in [1.54, 1.807) is 0 Å². The SMILES string of the molecule is CCCCOc1ccc(COC2CCC(c3ccc(-c4ccc(OCCCC)c(F)c4F)c(F)c3F)CC2)c(F)c1F. The molecular formula is C33H36F6O3. The fourth-order valence-electron chi connectivity index (χ4n) is 5.13. The molecule has 0 heterocycles. The molecule has 3 aromatic carbocycles. The Morgan fingerprint density at radius 1 is 0.595 bits per heavy atom. The molecule has 228 valence electrons. The van der Waals surface area contributed by atoms with Crippen molar-refractivity contribution >= 4 is 0 Å². The minimum Gasteiger partial charge on any atom is -0.490 e. The summed E-state index contributed by atoms with van der Waals surface area (Å²) < 4.78 is 105. The van der Waals surface area contributed by atoms with Crippen LogP contribution in [0, 0.1) is 34.9 Å². The van der Waals surface area contributed by atoms with Crippen LogP contribution >= 0.6 is 0 Å². The molecule has 0 radical (unpaired) electrons. The molecule has 3 nitrogen and oxygen atoms in total. The predicted octanol–water partition coefficient (Wildman–Crippen LogP) is 9.79. The van der Waals surface area contributed by atoms with Gasteiger partial charge in [-0.3, -0.25) is 0 Å². The number of hydrogen-bond donors (Lipinski definition) is 0. The first-order valence-electron chi connectivity index (χ1n) is 14.6. The first-order chi connectivity index (χ1) is 20.3. The van der Waals surface area contributed by atoms with E-state index in [-0.39, 0.29) is 59.0 Å². The Morgan fingerprint density at radius 2 is 1.12 bits per heavy atom. The number of benzene rings is 3. The van der Waals surface area contributed by atoms with Crippen molar-refractivity contribution < 1.29 is 40.6 Å². The quantitative estimate of drug-likeness (QED) is 0.146. The maximum absolute atomic E-state index is 15.2. The van der Waals surface area contributed by atoms with Crippen molar-refractivity contribution in [2.24, 2.45) is 0 Å². The Bertz CT molecular complexity index is 1350. The number of unbranched alkanes of at least 4 members (excludes halogenated alkanes) is 2. The second-order valence-electron chi connectivity index (χ2n) is 10.6. The third kappa shape index (κ3) is 7.22. The lowest BCUT2D eigenvalue weighted by molar-refractivity contribution is 0.0116. The Kier molecular flexibility index (Phi) is 11.2. The molecule has 0 bridgehead atoms. The van der Waals surface area contributed by atoms with Crippen LogP contribution in [0.5, 0.6) is 11.5 Å². The van der Waals surface area contributed by atoms with Crippen molar-refractivity contribution in [1.29, 1.82) is 0 Å². The highest BCUT2D eigenvalue weighted by atomic mass is 19.2. The highest BCUT2D eigenvalue weighted by Gasteiger charge is 2.28. The molecule has 1 saturated carbocycles. The molecule has 0 amide bonds. The monoisotopic (exact) mass is 594 g/mol. The van der Waals surface area contributed by atoms with Crippen LogP contribution in [0.2, 0.25) is 0 Å². The molecule has 42 heavy (non-hydrogen) atoms. The zero-order chi connectivity index (χ0) is 30.2.